The fraction of sp³-hybridized carbons (Fsp3) is 0.154. The molecule has 2 heterocycles. The minimum Gasteiger partial charge on any atom is -0.322 e. The van der Waals surface area contributed by atoms with E-state index in [1.165, 1.54) is 41.4 Å². The van der Waals surface area contributed by atoms with Gasteiger partial charge in [0.2, 0.25) is 5.91 Å². The number of rotatable bonds is 4. The average molecular weight is 524 g/mol. The van der Waals surface area contributed by atoms with Gasteiger partial charge >= 0.3 is 6.18 Å². The van der Waals surface area contributed by atoms with Crippen LogP contribution in [-0.2, 0) is 11.0 Å². The van der Waals surface area contributed by atoms with Gasteiger partial charge in [-0.1, -0.05) is 23.3 Å². The molecule has 4 aromatic rings. The van der Waals surface area contributed by atoms with Gasteiger partial charge in [-0.3, -0.25) is 9.59 Å². The summed E-state index contributed by atoms with van der Waals surface area (Å²) in [4.78, 5) is 32.9. The number of carbonyl (C=O) groups is 2. The summed E-state index contributed by atoms with van der Waals surface area (Å²) < 4.78 is 42.1. The van der Waals surface area contributed by atoms with Crippen molar-refractivity contribution in [1.29, 1.82) is 0 Å². The van der Waals surface area contributed by atoms with E-state index in [2.05, 4.69) is 32.4 Å². The Morgan fingerprint density at radius 2 is 1.81 bits per heavy atom. The number of nitrogens with zero attached hydrogens (tertiary/aromatic N) is 3. The van der Waals surface area contributed by atoms with Crippen molar-refractivity contribution < 1.29 is 22.8 Å². The number of benzene rings is 2. The molecule has 7 nitrogen and oxygen atoms in total. The van der Waals surface area contributed by atoms with E-state index in [0.29, 0.717) is 21.3 Å². The molecule has 2 N–H and O–H groups in total. The van der Waals surface area contributed by atoms with E-state index in [4.69, 9.17) is 0 Å². The molecule has 0 unspecified atom stereocenters. The Hall–Kier alpha value is -4.43. The number of anilines is 2. The number of thiazole rings is 1. The summed E-state index contributed by atoms with van der Waals surface area (Å²) in [5, 5.41) is 5.57. The van der Waals surface area contributed by atoms with Gasteiger partial charge < -0.3 is 15.2 Å². The monoisotopic (exact) mass is 523 g/mol. The molecule has 188 valence electrons. The molecule has 2 amide bonds. The molecule has 0 spiro atoms. The quantitative estimate of drug-likeness (QED) is 0.342. The number of nitrogens with one attached hydrogen (secondary N) is 2. The summed E-state index contributed by atoms with van der Waals surface area (Å²) in [5.41, 5.74) is 1.56. The molecule has 0 aliphatic carbocycles. The highest BCUT2D eigenvalue weighted by Gasteiger charge is 2.31. The topological polar surface area (TPSA) is 88.9 Å². The average Bonchev–Trinajstić information content (AvgIpc) is 3.46. The number of carbonyl (C=O) groups excluding carboxylic acids is 2. The van der Waals surface area contributed by atoms with Gasteiger partial charge in [0, 0.05) is 35.6 Å². The first kappa shape index (κ1) is 25.7. The number of amides is 2. The van der Waals surface area contributed by atoms with Crippen LogP contribution in [0.2, 0.25) is 0 Å². The first-order valence-electron chi connectivity index (χ1n) is 10.9. The zero-order valence-corrected chi connectivity index (χ0v) is 20.7. The van der Waals surface area contributed by atoms with Crippen molar-refractivity contribution >= 4 is 34.0 Å². The summed E-state index contributed by atoms with van der Waals surface area (Å²) in [6.45, 7) is 4.93. The van der Waals surface area contributed by atoms with Gasteiger partial charge in [0.1, 0.15) is 0 Å². The van der Waals surface area contributed by atoms with Crippen molar-refractivity contribution in [2.45, 2.75) is 26.9 Å². The van der Waals surface area contributed by atoms with Crippen molar-refractivity contribution in [3.8, 4) is 17.5 Å². The molecule has 37 heavy (non-hydrogen) atoms. The van der Waals surface area contributed by atoms with Crippen LogP contribution in [0.25, 0.3) is 5.69 Å². The molecule has 2 aromatic carbocycles. The number of aryl methyl sites for hydroxylation is 2. The second-order valence-corrected chi connectivity index (χ2v) is 9.16. The lowest BCUT2D eigenvalue weighted by atomic mass is 10.0. The van der Waals surface area contributed by atoms with Crippen molar-refractivity contribution in [3.63, 3.8) is 0 Å². The highest BCUT2D eigenvalue weighted by molar-refractivity contribution is 7.16. The Bertz CT molecular complexity index is 1560. The minimum atomic E-state index is -4.60. The van der Waals surface area contributed by atoms with Crippen LogP contribution in [0.1, 0.15) is 44.5 Å². The smallest absolute Gasteiger partial charge is 0.322 e. The third kappa shape index (κ3) is 6.42. The Balaban J connectivity index is 1.60. The SMILES string of the molecule is CC(=O)Nc1ncc(C#Cc2cc(C(=O)Nc3cc(-n4cnc(C)c4)cc(C(F)(F)F)c3)ccc2C)s1. The molecule has 0 saturated heterocycles. The van der Waals surface area contributed by atoms with E-state index < -0.39 is 17.6 Å². The van der Waals surface area contributed by atoms with E-state index in [-0.39, 0.29) is 22.8 Å². The normalized spacial score (nSPS) is 11.0. The molecule has 0 aliphatic heterocycles. The van der Waals surface area contributed by atoms with Crippen molar-refractivity contribution in [1.82, 2.24) is 14.5 Å². The first-order chi connectivity index (χ1) is 17.5. The van der Waals surface area contributed by atoms with E-state index >= 15 is 0 Å². The van der Waals surface area contributed by atoms with Crippen molar-refractivity contribution in [2.24, 2.45) is 0 Å². The van der Waals surface area contributed by atoms with Gasteiger partial charge in [-0.2, -0.15) is 13.2 Å². The molecule has 0 fully saturated rings. The lowest BCUT2D eigenvalue weighted by Gasteiger charge is -2.14. The summed E-state index contributed by atoms with van der Waals surface area (Å²) in [6.07, 6.45) is -0.0756. The zero-order valence-electron chi connectivity index (χ0n) is 19.9. The summed E-state index contributed by atoms with van der Waals surface area (Å²) in [6, 6.07) is 8.18. The second-order valence-electron chi connectivity index (χ2n) is 8.13. The number of hydrogen-bond donors (Lipinski definition) is 2. The highest BCUT2D eigenvalue weighted by atomic mass is 32.1. The molecular formula is C26H20F3N5O2S. The third-order valence-corrected chi connectivity index (χ3v) is 5.95. The lowest BCUT2D eigenvalue weighted by Crippen LogP contribution is -2.14. The molecule has 2 aromatic heterocycles. The van der Waals surface area contributed by atoms with Gasteiger partial charge in [-0.25, -0.2) is 9.97 Å². The third-order valence-electron chi connectivity index (χ3n) is 5.12. The van der Waals surface area contributed by atoms with Crippen LogP contribution in [-0.4, -0.2) is 26.3 Å². The van der Waals surface area contributed by atoms with Crippen LogP contribution in [0.15, 0.2) is 55.1 Å². The number of aromatic nitrogens is 3. The van der Waals surface area contributed by atoms with E-state index in [1.54, 1.807) is 31.3 Å². The predicted octanol–water partition coefficient (Wildman–Crippen LogP) is 5.57. The van der Waals surface area contributed by atoms with Crippen LogP contribution in [0.4, 0.5) is 24.0 Å². The van der Waals surface area contributed by atoms with Crippen LogP contribution in [0.5, 0.6) is 0 Å². The van der Waals surface area contributed by atoms with Crippen LogP contribution in [0.3, 0.4) is 0 Å². The van der Waals surface area contributed by atoms with Gasteiger partial charge in [-0.05, 0) is 55.7 Å². The molecule has 0 radical (unpaired) electrons. The molecule has 0 atom stereocenters. The Labute approximate surface area is 214 Å². The second kappa shape index (κ2) is 10.3. The number of halogens is 3. The van der Waals surface area contributed by atoms with E-state index in [9.17, 15) is 22.8 Å². The van der Waals surface area contributed by atoms with Gasteiger partial charge in [0.15, 0.2) is 5.13 Å². The van der Waals surface area contributed by atoms with Crippen LogP contribution < -0.4 is 10.6 Å². The maximum Gasteiger partial charge on any atom is 0.416 e. The van der Waals surface area contributed by atoms with Crippen molar-refractivity contribution in [3.05, 3.63) is 87.9 Å². The molecule has 0 aliphatic rings. The molecule has 0 bridgehead atoms. The van der Waals surface area contributed by atoms with E-state index in [0.717, 1.165) is 17.7 Å². The van der Waals surface area contributed by atoms with Crippen LogP contribution >= 0.6 is 11.3 Å². The summed E-state index contributed by atoms with van der Waals surface area (Å²) in [5.74, 6) is 5.12. The fourth-order valence-electron chi connectivity index (χ4n) is 3.33. The van der Waals surface area contributed by atoms with Gasteiger partial charge in [-0.15, -0.1) is 0 Å². The molecule has 0 saturated carbocycles. The first-order valence-corrected chi connectivity index (χ1v) is 11.7. The summed E-state index contributed by atoms with van der Waals surface area (Å²) >= 11 is 1.21. The number of hydrogen-bond acceptors (Lipinski definition) is 5. The number of alkyl halides is 3. The van der Waals surface area contributed by atoms with Crippen molar-refractivity contribution in [2.75, 3.05) is 10.6 Å². The maximum absolute atomic E-state index is 13.5. The lowest BCUT2D eigenvalue weighted by molar-refractivity contribution is -0.137. The fourth-order valence-corrected chi connectivity index (χ4v) is 4.04. The van der Waals surface area contributed by atoms with E-state index in [1.807, 2.05) is 6.92 Å². The maximum atomic E-state index is 13.5. The van der Waals surface area contributed by atoms with Gasteiger partial charge in [0.05, 0.1) is 28.7 Å². The van der Waals surface area contributed by atoms with Crippen LogP contribution in [0, 0.1) is 25.7 Å². The Morgan fingerprint density at radius 3 is 2.49 bits per heavy atom. The van der Waals surface area contributed by atoms with Gasteiger partial charge in [0.25, 0.3) is 5.91 Å². The summed E-state index contributed by atoms with van der Waals surface area (Å²) in [7, 11) is 0. The highest BCUT2D eigenvalue weighted by Crippen LogP contribution is 2.33. The number of imidazole rings is 1. The Morgan fingerprint density at radius 1 is 1.03 bits per heavy atom. The predicted molar refractivity (Wildman–Crippen MR) is 135 cm³/mol. The molecule has 11 heteroatoms. The molecule has 4 rings (SSSR count). The largest absolute Gasteiger partial charge is 0.416 e. The Kier molecular flexibility index (Phi) is 7.13. The standard InChI is InChI=1S/C26H20F3N5O2S/c1-15-4-5-19(8-18(15)6-7-23-12-30-25(37-23)32-17(3)35)24(36)33-21-9-20(26(27,28)29)10-22(11-21)34-13-16(2)31-14-34/h4-5,8-14H,1-3H3,(H,33,36)(H,30,32,35). The molecular weight excluding hydrogens is 503 g/mol. The minimum absolute atomic E-state index is 0.00968. The zero-order chi connectivity index (χ0) is 26.7.